The highest BCUT2D eigenvalue weighted by atomic mass is 16.4. The van der Waals surface area contributed by atoms with Crippen molar-refractivity contribution in [3.05, 3.63) is 42.4 Å². The van der Waals surface area contributed by atoms with Crippen LogP contribution in [-0.2, 0) is 13.0 Å². The number of aromatic nitrogens is 4. The van der Waals surface area contributed by atoms with E-state index >= 15 is 0 Å². The molecule has 0 spiro atoms. The van der Waals surface area contributed by atoms with Gasteiger partial charge in [-0.1, -0.05) is 6.92 Å². The lowest BCUT2D eigenvalue weighted by molar-refractivity contribution is 0.465. The fourth-order valence-corrected chi connectivity index (χ4v) is 1.71. The maximum absolute atomic E-state index is 5.51. The van der Waals surface area contributed by atoms with Gasteiger partial charge in [0.25, 0.3) is 0 Å². The molecule has 3 aromatic heterocycles. The van der Waals surface area contributed by atoms with E-state index in [1.54, 1.807) is 18.6 Å². The smallest absolute Gasteiger partial charge is 0.213 e. The van der Waals surface area contributed by atoms with Crippen molar-refractivity contribution in [2.24, 2.45) is 0 Å². The second-order valence-electron chi connectivity index (χ2n) is 4.02. The van der Waals surface area contributed by atoms with Gasteiger partial charge in [0.15, 0.2) is 5.65 Å². The maximum Gasteiger partial charge on any atom is 0.213 e. The summed E-state index contributed by atoms with van der Waals surface area (Å²) < 4.78 is 5.51. The third-order valence-corrected chi connectivity index (χ3v) is 2.70. The molecule has 3 aromatic rings. The number of pyridine rings is 1. The molecular formula is C13H13N5O. The van der Waals surface area contributed by atoms with E-state index in [0.717, 1.165) is 23.5 Å². The number of hydrogen-bond acceptors (Lipinski definition) is 6. The molecule has 0 aromatic carbocycles. The summed E-state index contributed by atoms with van der Waals surface area (Å²) in [5, 5.41) is 3.16. The number of nitrogens with one attached hydrogen (secondary N) is 1. The summed E-state index contributed by atoms with van der Waals surface area (Å²) in [6.07, 6.45) is 5.87. The second-order valence-corrected chi connectivity index (χ2v) is 4.02. The molecular weight excluding hydrogens is 242 g/mol. The van der Waals surface area contributed by atoms with Gasteiger partial charge in [-0.3, -0.25) is 4.98 Å². The zero-order valence-electron chi connectivity index (χ0n) is 10.5. The summed E-state index contributed by atoms with van der Waals surface area (Å²) in [5.41, 5.74) is 1.39. The van der Waals surface area contributed by atoms with Gasteiger partial charge in [0.2, 0.25) is 5.89 Å². The van der Waals surface area contributed by atoms with Crippen LogP contribution in [0.3, 0.4) is 0 Å². The molecule has 0 fully saturated rings. The predicted molar refractivity (Wildman–Crippen MR) is 70.5 cm³/mol. The van der Waals surface area contributed by atoms with Crippen molar-refractivity contribution >= 4 is 17.0 Å². The molecule has 19 heavy (non-hydrogen) atoms. The lowest BCUT2D eigenvalue weighted by atomic mass is 10.4. The van der Waals surface area contributed by atoms with Gasteiger partial charge in [0, 0.05) is 18.8 Å². The van der Waals surface area contributed by atoms with E-state index in [1.165, 1.54) is 0 Å². The number of anilines is 1. The molecule has 0 saturated carbocycles. The van der Waals surface area contributed by atoms with Gasteiger partial charge in [-0.15, -0.1) is 0 Å². The molecule has 0 aliphatic carbocycles. The van der Waals surface area contributed by atoms with Crippen LogP contribution in [0.5, 0.6) is 0 Å². The third kappa shape index (κ3) is 2.52. The van der Waals surface area contributed by atoms with Gasteiger partial charge < -0.3 is 9.73 Å². The van der Waals surface area contributed by atoms with Crippen LogP contribution in [0.1, 0.15) is 18.6 Å². The molecule has 0 atom stereocenters. The maximum atomic E-state index is 5.51. The van der Waals surface area contributed by atoms with E-state index in [4.69, 9.17) is 4.42 Å². The summed E-state index contributed by atoms with van der Waals surface area (Å²) in [7, 11) is 0. The summed E-state index contributed by atoms with van der Waals surface area (Å²) in [5.74, 6) is 2.26. The van der Waals surface area contributed by atoms with Gasteiger partial charge in [-0.05, 0) is 12.1 Å². The van der Waals surface area contributed by atoms with Crippen molar-refractivity contribution in [2.45, 2.75) is 19.9 Å². The second kappa shape index (κ2) is 5.01. The number of nitrogens with zero attached hydrogens (tertiary/aromatic N) is 4. The Morgan fingerprint density at radius 3 is 2.89 bits per heavy atom. The monoisotopic (exact) mass is 255 g/mol. The predicted octanol–water partition coefficient (Wildman–Crippen LogP) is 2.19. The number of fused-ring (bicyclic) bond motifs is 1. The zero-order valence-corrected chi connectivity index (χ0v) is 10.5. The van der Waals surface area contributed by atoms with Crippen molar-refractivity contribution in [3.63, 3.8) is 0 Å². The average molecular weight is 255 g/mol. The molecule has 6 heteroatoms. The minimum atomic E-state index is 0.499. The number of aryl methyl sites for hydroxylation is 1. The lowest BCUT2D eigenvalue weighted by Gasteiger charge is -2.03. The minimum Gasteiger partial charge on any atom is -0.444 e. The van der Waals surface area contributed by atoms with Crippen LogP contribution in [0.4, 0.5) is 5.82 Å². The molecule has 6 nitrogen and oxygen atoms in total. The van der Waals surface area contributed by atoms with Crippen LogP contribution in [0.15, 0.2) is 35.1 Å². The first-order chi connectivity index (χ1) is 9.35. The SMILES string of the molecule is CCc1cnc(CNc2ccc3nccnc3n2)o1. The molecule has 96 valence electrons. The first kappa shape index (κ1) is 11.6. The fraction of sp³-hybridized carbons (Fsp3) is 0.231. The van der Waals surface area contributed by atoms with Gasteiger partial charge >= 0.3 is 0 Å². The Labute approximate surface area is 109 Å². The molecule has 1 N–H and O–H groups in total. The standard InChI is InChI=1S/C13H13N5O/c1-2-9-7-17-12(19-9)8-16-11-4-3-10-13(18-11)15-6-5-14-10/h3-7H,2,8H2,1H3,(H,15,16,18). The quantitative estimate of drug-likeness (QED) is 0.770. The zero-order chi connectivity index (χ0) is 13.1. The largest absolute Gasteiger partial charge is 0.444 e. The Bertz CT molecular complexity index is 694. The molecule has 0 aliphatic rings. The summed E-state index contributed by atoms with van der Waals surface area (Å²) in [6.45, 7) is 2.53. The summed E-state index contributed by atoms with van der Waals surface area (Å²) in [4.78, 5) is 16.9. The molecule has 0 saturated heterocycles. The topological polar surface area (TPSA) is 76.7 Å². The van der Waals surface area contributed by atoms with Crippen LogP contribution in [0.2, 0.25) is 0 Å². The normalized spacial score (nSPS) is 10.8. The van der Waals surface area contributed by atoms with Gasteiger partial charge in [-0.2, -0.15) is 0 Å². The summed E-state index contributed by atoms with van der Waals surface area (Å²) >= 11 is 0. The van der Waals surface area contributed by atoms with Gasteiger partial charge in [0.1, 0.15) is 17.1 Å². The molecule has 0 aliphatic heterocycles. The molecule has 0 bridgehead atoms. The van der Waals surface area contributed by atoms with Crippen LogP contribution in [0, 0.1) is 0 Å². The Balaban J connectivity index is 1.74. The Hall–Kier alpha value is -2.50. The van der Waals surface area contributed by atoms with E-state index in [9.17, 15) is 0 Å². The Morgan fingerprint density at radius 1 is 1.16 bits per heavy atom. The molecule has 0 unspecified atom stereocenters. The number of rotatable bonds is 4. The fourth-order valence-electron chi connectivity index (χ4n) is 1.71. The highest BCUT2D eigenvalue weighted by molar-refractivity contribution is 5.71. The van der Waals surface area contributed by atoms with Crippen molar-refractivity contribution in [3.8, 4) is 0 Å². The van der Waals surface area contributed by atoms with Crippen LogP contribution < -0.4 is 5.32 Å². The summed E-state index contributed by atoms with van der Waals surface area (Å²) in [6, 6.07) is 3.74. The molecule has 0 amide bonds. The van der Waals surface area contributed by atoms with E-state index in [-0.39, 0.29) is 0 Å². The average Bonchev–Trinajstić information content (AvgIpc) is 2.93. The van der Waals surface area contributed by atoms with E-state index in [1.807, 2.05) is 19.1 Å². The van der Waals surface area contributed by atoms with Crippen LogP contribution >= 0.6 is 0 Å². The van der Waals surface area contributed by atoms with Crippen molar-refractivity contribution in [2.75, 3.05) is 5.32 Å². The van der Waals surface area contributed by atoms with Crippen LogP contribution in [-0.4, -0.2) is 19.9 Å². The van der Waals surface area contributed by atoms with E-state index in [2.05, 4.69) is 25.3 Å². The highest BCUT2D eigenvalue weighted by Gasteiger charge is 2.03. The Morgan fingerprint density at radius 2 is 2.05 bits per heavy atom. The number of oxazole rings is 1. The molecule has 3 heterocycles. The van der Waals surface area contributed by atoms with Crippen molar-refractivity contribution in [1.29, 1.82) is 0 Å². The van der Waals surface area contributed by atoms with E-state index in [0.29, 0.717) is 18.1 Å². The van der Waals surface area contributed by atoms with Crippen LogP contribution in [0.25, 0.3) is 11.2 Å². The third-order valence-electron chi connectivity index (χ3n) is 2.70. The number of hydrogen-bond donors (Lipinski definition) is 1. The van der Waals surface area contributed by atoms with Gasteiger partial charge in [0.05, 0.1) is 12.7 Å². The van der Waals surface area contributed by atoms with Crippen molar-refractivity contribution in [1.82, 2.24) is 19.9 Å². The molecule has 0 radical (unpaired) electrons. The first-order valence-corrected chi connectivity index (χ1v) is 6.10. The molecule has 3 rings (SSSR count). The van der Waals surface area contributed by atoms with Crippen molar-refractivity contribution < 1.29 is 4.42 Å². The van der Waals surface area contributed by atoms with E-state index < -0.39 is 0 Å². The lowest BCUT2D eigenvalue weighted by Crippen LogP contribution is -2.02. The van der Waals surface area contributed by atoms with Gasteiger partial charge in [-0.25, -0.2) is 15.0 Å². The highest BCUT2D eigenvalue weighted by Crippen LogP contribution is 2.11. The Kier molecular flexibility index (Phi) is 3.06. The minimum absolute atomic E-state index is 0.499. The first-order valence-electron chi connectivity index (χ1n) is 6.10.